The Balaban J connectivity index is 1.61. The second-order valence-electron chi connectivity index (χ2n) is 7.58. The SMILES string of the molecule is NS(=O)(=O)c1ccc(-n2ccc(-c3ccc(O)cc3)n2)c(-n2ccc(-c3ccc(O)cc3)n2)c1. The highest BCUT2D eigenvalue weighted by atomic mass is 32.2. The van der Waals surface area contributed by atoms with Gasteiger partial charge in [0.15, 0.2) is 0 Å². The maximum absolute atomic E-state index is 12.0. The summed E-state index contributed by atoms with van der Waals surface area (Å²) in [5.74, 6) is 0.307. The molecular weight excluding hydrogens is 454 g/mol. The van der Waals surface area contributed by atoms with Gasteiger partial charge < -0.3 is 10.2 Å². The van der Waals surface area contributed by atoms with E-state index in [0.29, 0.717) is 22.8 Å². The van der Waals surface area contributed by atoms with Crippen LogP contribution in [0.2, 0.25) is 0 Å². The number of aromatic nitrogens is 4. The number of primary sulfonamides is 1. The molecule has 0 unspecified atom stereocenters. The molecule has 170 valence electrons. The van der Waals surface area contributed by atoms with Crippen LogP contribution < -0.4 is 5.14 Å². The van der Waals surface area contributed by atoms with E-state index in [-0.39, 0.29) is 16.4 Å². The highest BCUT2D eigenvalue weighted by Crippen LogP contribution is 2.27. The quantitative estimate of drug-likeness (QED) is 0.358. The number of nitrogens with two attached hydrogens (primary N) is 1. The second kappa shape index (κ2) is 8.18. The molecule has 0 radical (unpaired) electrons. The van der Waals surface area contributed by atoms with Gasteiger partial charge >= 0.3 is 0 Å². The van der Waals surface area contributed by atoms with E-state index < -0.39 is 10.0 Å². The number of hydrogen-bond acceptors (Lipinski definition) is 6. The molecule has 5 rings (SSSR count). The van der Waals surface area contributed by atoms with Gasteiger partial charge in [0.2, 0.25) is 10.0 Å². The van der Waals surface area contributed by atoms with E-state index >= 15 is 0 Å². The Labute approximate surface area is 195 Å². The molecule has 10 heteroatoms. The normalized spacial score (nSPS) is 11.6. The Morgan fingerprint density at radius 2 is 1.12 bits per heavy atom. The van der Waals surface area contributed by atoms with Gasteiger partial charge in [-0.1, -0.05) is 0 Å². The van der Waals surface area contributed by atoms with Gasteiger partial charge in [-0.25, -0.2) is 22.9 Å². The summed E-state index contributed by atoms with van der Waals surface area (Å²) in [4.78, 5) is -0.0566. The first-order valence-electron chi connectivity index (χ1n) is 10.2. The number of sulfonamides is 1. The van der Waals surface area contributed by atoms with Crippen molar-refractivity contribution in [3.8, 4) is 45.4 Å². The van der Waals surface area contributed by atoms with Crippen LogP contribution in [-0.2, 0) is 10.0 Å². The Morgan fingerprint density at radius 3 is 1.59 bits per heavy atom. The minimum absolute atomic E-state index is 0.0566. The van der Waals surface area contributed by atoms with Gasteiger partial charge in [-0.15, -0.1) is 0 Å². The number of nitrogens with zero attached hydrogens (tertiary/aromatic N) is 4. The van der Waals surface area contributed by atoms with Crippen LogP contribution in [0.5, 0.6) is 11.5 Å². The number of phenols is 2. The zero-order valence-corrected chi connectivity index (χ0v) is 18.5. The van der Waals surface area contributed by atoms with E-state index in [4.69, 9.17) is 5.14 Å². The van der Waals surface area contributed by atoms with E-state index in [1.807, 2.05) is 6.07 Å². The van der Waals surface area contributed by atoms with E-state index in [2.05, 4.69) is 10.2 Å². The minimum Gasteiger partial charge on any atom is -0.508 e. The molecule has 4 N–H and O–H groups in total. The van der Waals surface area contributed by atoms with Crippen molar-refractivity contribution in [2.24, 2.45) is 5.14 Å². The molecule has 0 aliphatic rings. The zero-order chi connectivity index (χ0) is 23.9. The lowest BCUT2D eigenvalue weighted by Crippen LogP contribution is -2.14. The lowest BCUT2D eigenvalue weighted by atomic mass is 10.1. The van der Waals surface area contributed by atoms with Crippen molar-refractivity contribution in [2.75, 3.05) is 0 Å². The molecular formula is C24H19N5O4S. The number of benzene rings is 3. The lowest BCUT2D eigenvalue weighted by Gasteiger charge is -2.12. The topological polar surface area (TPSA) is 136 Å². The summed E-state index contributed by atoms with van der Waals surface area (Å²) in [6.07, 6.45) is 3.46. The largest absolute Gasteiger partial charge is 0.508 e. The van der Waals surface area contributed by atoms with Crippen LogP contribution in [0.25, 0.3) is 33.9 Å². The van der Waals surface area contributed by atoms with Gasteiger partial charge in [0, 0.05) is 23.5 Å². The Bertz CT molecular complexity index is 1590. The van der Waals surface area contributed by atoms with Crippen molar-refractivity contribution in [3.63, 3.8) is 0 Å². The highest BCUT2D eigenvalue weighted by Gasteiger charge is 2.16. The second-order valence-corrected chi connectivity index (χ2v) is 9.14. The number of phenolic OH excluding ortho intramolecular Hbond substituents is 2. The fourth-order valence-electron chi connectivity index (χ4n) is 3.55. The third-order valence-electron chi connectivity index (χ3n) is 5.27. The first kappa shape index (κ1) is 21.4. The van der Waals surface area contributed by atoms with Crippen LogP contribution in [0.4, 0.5) is 0 Å². The van der Waals surface area contributed by atoms with Crippen LogP contribution in [0.15, 0.2) is 96.2 Å². The van der Waals surface area contributed by atoms with Crippen molar-refractivity contribution < 1.29 is 18.6 Å². The molecule has 0 amide bonds. The Hall–Kier alpha value is -4.41. The molecule has 3 aromatic carbocycles. The molecule has 2 aromatic heterocycles. The van der Waals surface area contributed by atoms with Gasteiger partial charge in [-0.2, -0.15) is 10.2 Å². The molecule has 34 heavy (non-hydrogen) atoms. The van der Waals surface area contributed by atoms with Crippen molar-refractivity contribution in [1.29, 1.82) is 0 Å². The third-order valence-corrected chi connectivity index (χ3v) is 6.18. The predicted octanol–water partition coefficient (Wildman–Crippen LogP) is 3.45. The summed E-state index contributed by atoms with van der Waals surface area (Å²) in [5.41, 5.74) is 3.95. The maximum atomic E-state index is 12.0. The van der Waals surface area contributed by atoms with Gasteiger partial charge in [0.25, 0.3) is 0 Å². The van der Waals surface area contributed by atoms with E-state index in [1.54, 1.807) is 82.4 Å². The molecule has 0 saturated carbocycles. The molecule has 0 aliphatic heterocycles. The first-order chi connectivity index (χ1) is 16.3. The van der Waals surface area contributed by atoms with E-state index in [9.17, 15) is 18.6 Å². The maximum Gasteiger partial charge on any atom is 0.238 e. The summed E-state index contributed by atoms with van der Waals surface area (Å²) in [7, 11) is -3.95. The lowest BCUT2D eigenvalue weighted by molar-refractivity contribution is 0.475. The van der Waals surface area contributed by atoms with Crippen molar-refractivity contribution >= 4 is 10.0 Å². The van der Waals surface area contributed by atoms with E-state index in [0.717, 1.165) is 11.1 Å². The molecule has 0 aliphatic carbocycles. The van der Waals surface area contributed by atoms with Gasteiger partial charge in [-0.05, 0) is 78.9 Å². The van der Waals surface area contributed by atoms with Crippen LogP contribution in [0.1, 0.15) is 0 Å². The van der Waals surface area contributed by atoms with Gasteiger partial charge in [0.05, 0.1) is 27.7 Å². The average Bonchev–Trinajstić information content (AvgIpc) is 3.50. The molecule has 0 fully saturated rings. The molecule has 0 atom stereocenters. The monoisotopic (exact) mass is 473 g/mol. The van der Waals surface area contributed by atoms with Crippen molar-refractivity contribution in [2.45, 2.75) is 4.90 Å². The Kier molecular flexibility index (Phi) is 5.16. The van der Waals surface area contributed by atoms with E-state index in [1.165, 1.54) is 12.1 Å². The molecule has 9 nitrogen and oxygen atoms in total. The van der Waals surface area contributed by atoms with Crippen LogP contribution in [0, 0.1) is 0 Å². The fourth-order valence-corrected chi connectivity index (χ4v) is 4.08. The number of hydrogen-bond donors (Lipinski definition) is 3. The molecule has 0 spiro atoms. The van der Waals surface area contributed by atoms with Gasteiger partial charge in [-0.3, -0.25) is 0 Å². The molecule has 0 saturated heterocycles. The van der Waals surface area contributed by atoms with Crippen LogP contribution >= 0.6 is 0 Å². The zero-order valence-electron chi connectivity index (χ0n) is 17.6. The molecule has 0 bridgehead atoms. The number of aromatic hydroxyl groups is 2. The fraction of sp³-hybridized carbons (Fsp3) is 0. The smallest absolute Gasteiger partial charge is 0.238 e. The molecule has 2 heterocycles. The summed E-state index contributed by atoms with van der Waals surface area (Å²) in [6.45, 7) is 0. The third kappa shape index (κ3) is 4.15. The van der Waals surface area contributed by atoms with Crippen molar-refractivity contribution in [1.82, 2.24) is 19.6 Å². The average molecular weight is 474 g/mol. The van der Waals surface area contributed by atoms with Crippen LogP contribution in [-0.4, -0.2) is 38.2 Å². The minimum atomic E-state index is -3.95. The standard InChI is InChI=1S/C24H19N5O4S/c25-34(32,33)20-9-10-23(28-13-11-21(26-28)16-1-5-18(30)6-2-16)24(15-20)29-14-12-22(27-29)17-3-7-19(31)8-4-17/h1-15,30-31H,(H2,25,32,33). The van der Waals surface area contributed by atoms with Gasteiger partial charge in [0.1, 0.15) is 11.5 Å². The van der Waals surface area contributed by atoms with Crippen molar-refractivity contribution in [3.05, 3.63) is 91.3 Å². The summed E-state index contributed by atoms with van der Waals surface area (Å²) < 4.78 is 27.2. The summed E-state index contributed by atoms with van der Waals surface area (Å²) in [6, 6.07) is 21.3. The summed E-state index contributed by atoms with van der Waals surface area (Å²) >= 11 is 0. The highest BCUT2D eigenvalue weighted by molar-refractivity contribution is 7.89. The number of rotatable bonds is 5. The van der Waals surface area contributed by atoms with Crippen LogP contribution in [0.3, 0.4) is 0 Å². The first-order valence-corrected chi connectivity index (χ1v) is 11.7. The molecule has 5 aromatic rings. The summed E-state index contributed by atoms with van der Waals surface area (Å²) in [5, 5.41) is 33.7. The Morgan fingerprint density at radius 1 is 0.647 bits per heavy atom. The predicted molar refractivity (Wildman–Crippen MR) is 126 cm³/mol.